The van der Waals surface area contributed by atoms with Gasteiger partial charge < -0.3 is 25.1 Å². The molecule has 0 radical (unpaired) electrons. The normalized spacial score (nSPS) is 21.1. The van der Waals surface area contributed by atoms with Crippen molar-refractivity contribution in [2.45, 2.75) is 18.9 Å². The predicted molar refractivity (Wildman–Crippen MR) is 132 cm³/mol. The molecule has 9 heteroatoms. The molecule has 0 spiro atoms. The molecule has 31 heavy (non-hydrogen) atoms. The zero-order chi connectivity index (χ0) is 20.8. The number of hydrogen-bond acceptors (Lipinski definition) is 4. The van der Waals surface area contributed by atoms with Gasteiger partial charge >= 0.3 is 0 Å². The minimum atomic E-state index is -0.221. The van der Waals surface area contributed by atoms with Gasteiger partial charge in [0.15, 0.2) is 5.96 Å². The van der Waals surface area contributed by atoms with Crippen LogP contribution in [0.1, 0.15) is 12.0 Å². The van der Waals surface area contributed by atoms with E-state index >= 15 is 0 Å². The van der Waals surface area contributed by atoms with Crippen LogP contribution in [0.15, 0.2) is 29.4 Å². The first-order valence-corrected chi connectivity index (χ1v) is 10.8. The summed E-state index contributed by atoms with van der Waals surface area (Å²) in [6.45, 7) is 6.80. The van der Waals surface area contributed by atoms with Crippen LogP contribution in [0.2, 0.25) is 0 Å². The molecule has 2 fully saturated rings. The number of aromatic nitrogens is 1. The molecule has 3 N–H and O–H groups in total. The molecule has 2 aliphatic rings. The minimum Gasteiger partial charge on any atom is -0.381 e. The lowest BCUT2D eigenvalue weighted by atomic mass is 9.97. The minimum absolute atomic E-state index is 0. The van der Waals surface area contributed by atoms with Gasteiger partial charge in [0.05, 0.1) is 19.8 Å². The Morgan fingerprint density at radius 2 is 2.10 bits per heavy atom. The van der Waals surface area contributed by atoms with Crippen LogP contribution in [0, 0.1) is 11.7 Å². The van der Waals surface area contributed by atoms with Crippen molar-refractivity contribution in [3.8, 4) is 0 Å². The highest BCUT2D eigenvalue weighted by Crippen LogP contribution is 2.22. The lowest BCUT2D eigenvalue weighted by Gasteiger charge is -2.37. The molecule has 1 aromatic carbocycles. The van der Waals surface area contributed by atoms with E-state index in [0.29, 0.717) is 12.0 Å². The Labute approximate surface area is 200 Å². The smallest absolute Gasteiger partial charge is 0.191 e. The molecule has 7 nitrogen and oxygen atoms in total. The fraction of sp³-hybridized carbons (Fsp3) is 0.591. The number of fused-ring (bicyclic) bond motifs is 1. The molecule has 0 amide bonds. The van der Waals surface area contributed by atoms with E-state index in [-0.39, 0.29) is 29.8 Å². The summed E-state index contributed by atoms with van der Waals surface area (Å²) in [5, 5.41) is 7.99. The van der Waals surface area contributed by atoms with E-state index < -0.39 is 0 Å². The van der Waals surface area contributed by atoms with E-state index in [2.05, 4.69) is 25.5 Å². The number of aromatic amines is 1. The largest absolute Gasteiger partial charge is 0.381 e. The van der Waals surface area contributed by atoms with E-state index in [1.807, 2.05) is 12.3 Å². The van der Waals surface area contributed by atoms with Crippen LogP contribution in [-0.2, 0) is 15.9 Å². The third kappa shape index (κ3) is 6.30. The standard InChI is InChI=1S/C22H32FN5O2.HI/c1-24-22(25-6-4-16-13-26-20-12-18(23)2-3-19(16)20)27-14-21(17-5-9-30-15-17)28-7-10-29-11-8-28;/h2-3,12-13,17,21,26H,4-11,14-15H2,1H3,(H2,24,25,27);1H. The maximum absolute atomic E-state index is 13.4. The van der Waals surface area contributed by atoms with E-state index in [0.717, 1.165) is 82.3 Å². The first kappa shape index (κ1) is 24.2. The van der Waals surface area contributed by atoms with Crippen molar-refractivity contribution in [1.82, 2.24) is 20.5 Å². The lowest BCUT2D eigenvalue weighted by Crippen LogP contribution is -2.53. The summed E-state index contributed by atoms with van der Waals surface area (Å²) < 4.78 is 24.6. The van der Waals surface area contributed by atoms with E-state index in [1.54, 1.807) is 7.05 Å². The van der Waals surface area contributed by atoms with Gasteiger partial charge in [-0.15, -0.1) is 24.0 Å². The van der Waals surface area contributed by atoms with Crippen molar-refractivity contribution in [2.75, 3.05) is 59.7 Å². The van der Waals surface area contributed by atoms with Crippen molar-refractivity contribution in [1.29, 1.82) is 0 Å². The number of morpholine rings is 1. The number of hydrogen-bond donors (Lipinski definition) is 3. The zero-order valence-corrected chi connectivity index (χ0v) is 20.4. The molecule has 2 atom stereocenters. The van der Waals surface area contributed by atoms with Crippen LogP contribution < -0.4 is 10.6 Å². The Bertz CT molecular complexity index is 850. The summed E-state index contributed by atoms with van der Waals surface area (Å²) in [4.78, 5) is 10.1. The van der Waals surface area contributed by atoms with Crippen LogP contribution in [-0.4, -0.2) is 81.5 Å². The fourth-order valence-electron chi connectivity index (χ4n) is 4.46. The Hall–Kier alpha value is -1.43. The molecule has 2 unspecified atom stereocenters. The Kier molecular flexibility index (Phi) is 9.36. The van der Waals surface area contributed by atoms with Crippen LogP contribution in [0.3, 0.4) is 0 Å². The number of H-pyrrole nitrogens is 1. The number of aliphatic imine (C=N–C) groups is 1. The second-order valence-electron chi connectivity index (χ2n) is 7.97. The number of ether oxygens (including phenoxy) is 2. The van der Waals surface area contributed by atoms with Crippen LogP contribution in [0.25, 0.3) is 10.9 Å². The average Bonchev–Trinajstić information content (AvgIpc) is 3.43. The predicted octanol–water partition coefficient (Wildman–Crippen LogP) is 2.37. The monoisotopic (exact) mass is 545 g/mol. The molecule has 2 saturated heterocycles. The maximum Gasteiger partial charge on any atom is 0.191 e. The fourth-order valence-corrected chi connectivity index (χ4v) is 4.46. The van der Waals surface area contributed by atoms with Crippen molar-refractivity contribution in [3.05, 3.63) is 35.8 Å². The van der Waals surface area contributed by atoms with E-state index in [1.165, 1.54) is 17.7 Å². The molecule has 0 saturated carbocycles. The van der Waals surface area contributed by atoms with Gasteiger partial charge in [-0.3, -0.25) is 9.89 Å². The van der Waals surface area contributed by atoms with Gasteiger partial charge in [-0.05, 0) is 36.6 Å². The molecule has 2 aromatic rings. The highest BCUT2D eigenvalue weighted by atomic mass is 127. The van der Waals surface area contributed by atoms with Gasteiger partial charge in [0.2, 0.25) is 0 Å². The highest BCUT2D eigenvalue weighted by Gasteiger charge is 2.31. The van der Waals surface area contributed by atoms with Crippen LogP contribution >= 0.6 is 24.0 Å². The Morgan fingerprint density at radius 1 is 1.26 bits per heavy atom. The molecule has 0 bridgehead atoms. The molecule has 2 aliphatic heterocycles. The van der Waals surface area contributed by atoms with Crippen molar-refractivity contribution >= 4 is 40.8 Å². The molecule has 4 rings (SSSR count). The first-order valence-electron chi connectivity index (χ1n) is 10.8. The summed E-state index contributed by atoms with van der Waals surface area (Å²) in [6, 6.07) is 5.29. The number of nitrogens with zero attached hydrogens (tertiary/aromatic N) is 2. The molecule has 3 heterocycles. The summed E-state index contributed by atoms with van der Waals surface area (Å²) in [5.74, 6) is 1.12. The molecular formula is C22H33FIN5O2. The van der Waals surface area contributed by atoms with Crippen molar-refractivity contribution < 1.29 is 13.9 Å². The third-order valence-electron chi connectivity index (χ3n) is 6.14. The first-order chi connectivity index (χ1) is 14.7. The summed E-state index contributed by atoms with van der Waals surface area (Å²) in [7, 11) is 1.80. The second kappa shape index (κ2) is 12.0. The highest BCUT2D eigenvalue weighted by molar-refractivity contribution is 14.0. The lowest BCUT2D eigenvalue weighted by molar-refractivity contribution is 0.00247. The number of rotatable bonds is 7. The molecule has 1 aromatic heterocycles. The van der Waals surface area contributed by atoms with Gasteiger partial charge in [0, 0.05) is 68.9 Å². The van der Waals surface area contributed by atoms with Crippen molar-refractivity contribution in [3.63, 3.8) is 0 Å². The number of benzene rings is 1. The summed E-state index contributed by atoms with van der Waals surface area (Å²) in [5.41, 5.74) is 2.00. The SMILES string of the molecule is CN=C(NCCc1c[nH]c2cc(F)ccc12)NCC(C1CCOC1)N1CCOCC1.I. The van der Waals surface area contributed by atoms with Gasteiger partial charge in [0.25, 0.3) is 0 Å². The second-order valence-corrected chi connectivity index (χ2v) is 7.97. The third-order valence-corrected chi connectivity index (χ3v) is 6.14. The molecule has 0 aliphatic carbocycles. The topological polar surface area (TPSA) is 73.9 Å². The number of halogens is 2. The molecule has 172 valence electrons. The average molecular weight is 545 g/mol. The summed E-state index contributed by atoms with van der Waals surface area (Å²) in [6.07, 6.45) is 3.89. The maximum atomic E-state index is 13.4. The quantitative estimate of drug-likeness (QED) is 0.283. The van der Waals surface area contributed by atoms with Gasteiger partial charge in [0.1, 0.15) is 5.82 Å². The van der Waals surface area contributed by atoms with E-state index in [9.17, 15) is 4.39 Å². The van der Waals surface area contributed by atoms with Crippen LogP contribution in [0.4, 0.5) is 4.39 Å². The number of guanidine groups is 1. The van der Waals surface area contributed by atoms with Gasteiger partial charge in [-0.25, -0.2) is 4.39 Å². The van der Waals surface area contributed by atoms with E-state index in [4.69, 9.17) is 9.47 Å². The zero-order valence-electron chi connectivity index (χ0n) is 18.0. The Balaban J connectivity index is 0.00000272. The Morgan fingerprint density at radius 3 is 2.84 bits per heavy atom. The summed E-state index contributed by atoms with van der Waals surface area (Å²) >= 11 is 0. The molecular weight excluding hydrogens is 512 g/mol. The van der Waals surface area contributed by atoms with Gasteiger partial charge in [-0.1, -0.05) is 0 Å². The van der Waals surface area contributed by atoms with Gasteiger partial charge in [-0.2, -0.15) is 0 Å². The van der Waals surface area contributed by atoms with Crippen LogP contribution in [0.5, 0.6) is 0 Å². The van der Waals surface area contributed by atoms with Crippen molar-refractivity contribution in [2.24, 2.45) is 10.9 Å². The number of nitrogens with one attached hydrogen (secondary N) is 3.